The van der Waals surface area contributed by atoms with Crippen LogP contribution in [-0.4, -0.2) is 62.2 Å². The molecule has 1 amide bonds. The van der Waals surface area contributed by atoms with E-state index in [1.807, 2.05) is 12.1 Å². The second kappa shape index (κ2) is 8.30. The minimum atomic E-state index is 0.0519. The Hall–Kier alpha value is -1.75. The summed E-state index contributed by atoms with van der Waals surface area (Å²) >= 11 is 0. The van der Waals surface area contributed by atoms with Crippen LogP contribution in [0.5, 0.6) is 5.75 Å². The summed E-state index contributed by atoms with van der Waals surface area (Å²) in [6.45, 7) is 10.5. The molecule has 2 saturated heterocycles. The molecule has 2 fully saturated rings. The van der Waals surface area contributed by atoms with E-state index in [1.54, 1.807) is 7.11 Å². The summed E-state index contributed by atoms with van der Waals surface area (Å²) in [6, 6.07) is 9.09. The number of methoxy groups -OCH3 is 1. The second-order valence-corrected chi connectivity index (χ2v) is 7.94. The van der Waals surface area contributed by atoms with Gasteiger partial charge in [0.2, 0.25) is 0 Å². The Morgan fingerprint density at radius 1 is 1.12 bits per heavy atom. The van der Waals surface area contributed by atoms with E-state index in [9.17, 15) is 4.79 Å². The summed E-state index contributed by atoms with van der Waals surface area (Å²) in [5.41, 5.74) is 1.24. The molecule has 2 aliphatic rings. The van der Waals surface area contributed by atoms with Crippen molar-refractivity contribution < 1.29 is 14.4 Å². The van der Waals surface area contributed by atoms with Gasteiger partial charge in [-0.15, -0.1) is 0 Å². The fourth-order valence-electron chi connectivity index (χ4n) is 4.53. The Kier molecular flexibility index (Phi) is 6.07. The number of nitrogens with zero attached hydrogens (tertiary/aromatic N) is 2. The molecular formula is C21H34N3O2+. The third-order valence-electron chi connectivity index (χ3n) is 6.27. The van der Waals surface area contributed by atoms with E-state index in [-0.39, 0.29) is 6.04 Å². The lowest BCUT2D eigenvalue weighted by atomic mass is 9.96. The molecule has 5 heteroatoms. The summed E-state index contributed by atoms with van der Waals surface area (Å²) < 4.78 is 5.24. The van der Waals surface area contributed by atoms with Crippen LogP contribution in [0.2, 0.25) is 0 Å². The quantitative estimate of drug-likeness (QED) is 0.886. The maximum absolute atomic E-state index is 13.1. The van der Waals surface area contributed by atoms with Gasteiger partial charge in [0.05, 0.1) is 33.3 Å². The number of anilines is 1. The molecule has 0 bridgehead atoms. The molecule has 0 radical (unpaired) electrons. The smallest absolute Gasteiger partial charge is 0.281 e. The highest BCUT2D eigenvalue weighted by Gasteiger charge is 2.37. The van der Waals surface area contributed by atoms with E-state index in [0.29, 0.717) is 18.0 Å². The van der Waals surface area contributed by atoms with Crippen molar-refractivity contribution >= 4 is 11.6 Å². The summed E-state index contributed by atoms with van der Waals surface area (Å²) in [6.07, 6.45) is 3.53. The highest BCUT2D eigenvalue weighted by Crippen LogP contribution is 2.23. The largest absolute Gasteiger partial charge is 0.497 e. The molecule has 1 N–H and O–H groups in total. The minimum Gasteiger partial charge on any atom is -0.497 e. The van der Waals surface area contributed by atoms with Crippen LogP contribution < -0.4 is 14.5 Å². The van der Waals surface area contributed by atoms with Crippen molar-refractivity contribution in [3.05, 3.63) is 24.3 Å². The van der Waals surface area contributed by atoms with Crippen molar-refractivity contribution in [2.24, 2.45) is 0 Å². The lowest BCUT2D eigenvalue weighted by Crippen LogP contribution is -3.19. The number of piperidine rings is 1. The number of carbonyl (C=O) groups is 1. The molecule has 0 spiro atoms. The van der Waals surface area contributed by atoms with E-state index in [2.05, 4.69) is 42.7 Å². The molecule has 2 aliphatic heterocycles. The Labute approximate surface area is 157 Å². The molecule has 0 aromatic heterocycles. The molecule has 1 aromatic carbocycles. The van der Waals surface area contributed by atoms with Gasteiger partial charge in [-0.1, -0.05) is 0 Å². The maximum atomic E-state index is 13.1. The fourth-order valence-corrected chi connectivity index (χ4v) is 4.53. The van der Waals surface area contributed by atoms with Crippen LogP contribution in [0.1, 0.15) is 40.0 Å². The maximum Gasteiger partial charge on any atom is 0.281 e. The number of quaternary nitrogens is 1. The average Bonchev–Trinajstić information content (AvgIpc) is 2.67. The molecule has 144 valence electrons. The Bertz CT molecular complexity index is 586. The highest BCUT2D eigenvalue weighted by molar-refractivity contribution is 5.80. The van der Waals surface area contributed by atoms with Gasteiger partial charge >= 0.3 is 0 Å². The Morgan fingerprint density at radius 3 is 2.23 bits per heavy atom. The zero-order valence-corrected chi connectivity index (χ0v) is 16.7. The monoisotopic (exact) mass is 360 g/mol. The zero-order chi connectivity index (χ0) is 18.7. The molecule has 3 rings (SSSR count). The molecule has 2 heterocycles. The standard InChI is InChI=1S/C21H33N3O2/c1-16-6-5-7-17(2)24(16)21(25)18(3)22-12-14-23(15-13-22)19-8-10-20(26-4)11-9-19/h8-11,16-18H,5-7,12-15H2,1-4H3/p+1/t16-,17-,18-/m1/s1. The van der Waals surface area contributed by atoms with Gasteiger partial charge in [0, 0.05) is 17.8 Å². The summed E-state index contributed by atoms with van der Waals surface area (Å²) in [7, 11) is 1.69. The van der Waals surface area contributed by atoms with Gasteiger partial charge in [0.25, 0.3) is 5.91 Å². The SMILES string of the molecule is COc1ccc(N2CC[NH+]([C@H](C)C(=O)N3[C@H](C)CCC[C@H]3C)CC2)cc1. The van der Waals surface area contributed by atoms with Gasteiger partial charge in [-0.2, -0.15) is 0 Å². The van der Waals surface area contributed by atoms with Crippen molar-refractivity contribution in [3.63, 3.8) is 0 Å². The topological polar surface area (TPSA) is 37.2 Å². The van der Waals surface area contributed by atoms with Crippen LogP contribution in [0.15, 0.2) is 24.3 Å². The van der Waals surface area contributed by atoms with E-state index in [0.717, 1.165) is 44.8 Å². The van der Waals surface area contributed by atoms with Crippen molar-refractivity contribution in [2.75, 3.05) is 38.2 Å². The fraction of sp³-hybridized carbons (Fsp3) is 0.667. The zero-order valence-electron chi connectivity index (χ0n) is 16.7. The lowest BCUT2D eigenvalue weighted by Gasteiger charge is -2.42. The summed E-state index contributed by atoms with van der Waals surface area (Å²) in [4.78, 5) is 19.1. The molecule has 3 atom stereocenters. The van der Waals surface area contributed by atoms with Gasteiger partial charge < -0.3 is 19.4 Å². The molecule has 0 aliphatic carbocycles. The average molecular weight is 361 g/mol. The van der Waals surface area contributed by atoms with Crippen LogP contribution in [0.4, 0.5) is 5.69 Å². The number of hydrogen-bond acceptors (Lipinski definition) is 3. The molecule has 0 saturated carbocycles. The lowest BCUT2D eigenvalue weighted by molar-refractivity contribution is -0.915. The third kappa shape index (κ3) is 3.98. The summed E-state index contributed by atoms with van der Waals surface area (Å²) in [5.74, 6) is 1.24. The normalized spacial score (nSPS) is 25.8. The van der Waals surface area contributed by atoms with E-state index < -0.39 is 0 Å². The number of amides is 1. The molecule has 26 heavy (non-hydrogen) atoms. The molecule has 0 unspecified atom stereocenters. The Balaban J connectivity index is 1.57. The number of carbonyl (C=O) groups excluding carboxylic acids is 1. The first-order chi connectivity index (χ1) is 12.5. The van der Waals surface area contributed by atoms with E-state index >= 15 is 0 Å². The molecular weight excluding hydrogens is 326 g/mol. The first-order valence-corrected chi connectivity index (χ1v) is 10.1. The van der Waals surface area contributed by atoms with Crippen LogP contribution >= 0.6 is 0 Å². The van der Waals surface area contributed by atoms with Crippen LogP contribution in [0.25, 0.3) is 0 Å². The number of rotatable bonds is 4. The number of ether oxygens (including phenoxy) is 1. The first kappa shape index (κ1) is 19.0. The predicted molar refractivity (Wildman–Crippen MR) is 105 cm³/mol. The van der Waals surface area contributed by atoms with Crippen molar-refractivity contribution in [1.29, 1.82) is 0 Å². The van der Waals surface area contributed by atoms with Crippen molar-refractivity contribution in [3.8, 4) is 5.75 Å². The number of nitrogens with one attached hydrogen (secondary N) is 1. The van der Waals surface area contributed by atoms with Crippen molar-refractivity contribution in [2.45, 2.75) is 58.2 Å². The van der Waals surface area contributed by atoms with Gasteiger partial charge in [-0.3, -0.25) is 4.79 Å². The van der Waals surface area contributed by atoms with Crippen molar-refractivity contribution in [1.82, 2.24) is 4.90 Å². The minimum absolute atomic E-state index is 0.0519. The molecule has 5 nitrogen and oxygen atoms in total. The van der Waals surface area contributed by atoms with Crippen LogP contribution in [-0.2, 0) is 4.79 Å². The van der Waals surface area contributed by atoms with E-state index in [1.165, 1.54) is 17.0 Å². The van der Waals surface area contributed by atoms with Gasteiger partial charge in [-0.05, 0) is 64.3 Å². The highest BCUT2D eigenvalue weighted by atomic mass is 16.5. The second-order valence-electron chi connectivity index (χ2n) is 7.94. The number of hydrogen-bond donors (Lipinski definition) is 1. The van der Waals surface area contributed by atoms with Gasteiger partial charge in [0.1, 0.15) is 5.75 Å². The molecule has 1 aromatic rings. The van der Waals surface area contributed by atoms with Crippen LogP contribution in [0, 0.1) is 0 Å². The number of likely N-dealkylation sites (tertiary alicyclic amines) is 1. The summed E-state index contributed by atoms with van der Waals surface area (Å²) in [5, 5.41) is 0. The number of piperazine rings is 1. The van der Waals surface area contributed by atoms with Gasteiger partial charge in [-0.25, -0.2) is 0 Å². The first-order valence-electron chi connectivity index (χ1n) is 10.1. The predicted octanol–water partition coefficient (Wildman–Crippen LogP) is 1.58. The van der Waals surface area contributed by atoms with E-state index in [4.69, 9.17) is 4.74 Å². The van der Waals surface area contributed by atoms with Crippen LogP contribution in [0.3, 0.4) is 0 Å². The van der Waals surface area contributed by atoms with Gasteiger partial charge in [0.15, 0.2) is 6.04 Å². The third-order valence-corrected chi connectivity index (χ3v) is 6.27. The number of benzene rings is 1. The Morgan fingerprint density at radius 2 is 1.69 bits per heavy atom.